The van der Waals surface area contributed by atoms with Crippen LogP contribution in [0.4, 0.5) is 10.1 Å². The standard InChI is InChI=1S/C21H27ClFN7O2/c22-20-19(10-26-27-21(20)31)29-4-3-18(17(24)13-29)30(25)12-14-1-2-16(23)9-15(14)11-28-5-7-32-8-6-28/h1-2,9-10H,3-8,11-13,24-25H2,(H,27,31). The van der Waals surface area contributed by atoms with E-state index in [-0.39, 0.29) is 10.8 Å². The van der Waals surface area contributed by atoms with E-state index in [0.717, 1.165) is 29.9 Å². The number of hydrogen-bond donors (Lipinski definition) is 3. The monoisotopic (exact) mass is 463 g/mol. The van der Waals surface area contributed by atoms with Gasteiger partial charge in [0.1, 0.15) is 10.8 Å². The highest BCUT2D eigenvalue weighted by Crippen LogP contribution is 2.27. The van der Waals surface area contributed by atoms with Gasteiger partial charge in [0.15, 0.2) is 0 Å². The number of H-pyrrole nitrogens is 1. The van der Waals surface area contributed by atoms with Gasteiger partial charge in [-0.15, -0.1) is 0 Å². The molecule has 0 aliphatic carbocycles. The minimum atomic E-state index is -0.443. The van der Waals surface area contributed by atoms with Crippen molar-refractivity contribution in [3.05, 3.63) is 68.1 Å². The van der Waals surface area contributed by atoms with Crippen LogP contribution in [0.2, 0.25) is 5.02 Å². The lowest BCUT2D eigenvalue weighted by molar-refractivity contribution is 0.0339. The van der Waals surface area contributed by atoms with Crippen LogP contribution in [-0.2, 0) is 17.8 Å². The number of nitrogens with zero attached hydrogens (tertiary/aromatic N) is 4. The van der Waals surface area contributed by atoms with Crippen LogP contribution in [0.3, 0.4) is 0 Å². The molecule has 32 heavy (non-hydrogen) atoms. The lowest BCUT2D eigenvalue weighted by Crippen LogP contribution is -2.42. The summed E-state index contributed by atoms with van der Waals surface area (Å²) in [5.74, 6) is 6.14. The molecule has 0 radical (unpaired) electrons. The van der Waals surface area contributed by atoms with Crippen molar-refractivity contribution in [2.75, 3.05) is 44.3 Å². The highest BCUT2D eigenvalue weighted by Gasteiger charge is 2.24. The third kappa shape index (κ3) is 5.04. The van der Waals surface area contributed by atoms with E-state index in [1.165, 1.54) is 12.3 Å². The Kier molecular flexibility index (Phi) is 6.95. The molecule has 11 heteroatoms. The molecule has 172 valence electrons. The first kappa shape index (κ1) is 22.5. The van der Waals surface area contributed by atoms with Gasteiger partial charge >= 0.3 is 0 Å². The molecule has 1 fully saturated rings. The van der Waals surface area contributed by atoms with E-state index in [9.17, 15) is 9.18 Å². The van der Waals surface area contributed by atoms with Gasteiger partial charge < -0.3 is 20.4 Å². The Labute approximate surface area is 190 Å². The van der Waals surface area contributed by atoms with E-state index >= 15 is 0 Å². The van der Waals surface area contributed by atoms with E-state index in [1.54, 1.807) is 17.1 Å². The van der Waals surface area contributed by atoms with Gasteiger partial charge in [-0.25, -0.2) is 15.3 Å². The summed E-state index contributed by atoms with van der Waals surface area (Å²) in [5.41, 5.74) is 9.70. The molecule has 1 aromatic heterocycles. The molecule has 0 amide bonds. The molecule has 1 aromatic carbocycles. The first-order valence-electron chi connectivity index (χ1n) is 10.5. The minimum Gasteiger partial charge on any atom is -0.399 e. The van der Waals surface area contributed by atoms with Crippen LogP contribution >= 0.6 is 11.6 Å². The Balaban J connectivity index is 1.48. The largest absolute Gasteiger partial charge is 0.399 e. The summed E-state index contributed by atoms with van der Waals surface area (Å²) in [6.07, 6.45) is 2.09. The number of rotatable bonds is 6. The Bertz CT molecular complexity index is 1050. The topological polar surface area (TPSA) is 117 Å². The van der Waals surface area contributed by atoms with Crippen molar-refractivity contribution in [3.63, 3.8) is 0 Å². The number of aromatic amines is 1. The number of ether oxygens (including phenoxy) is 1. The zero-order valence-corrected chi connectivity index (χ0v) is 18.4. The summed E-state index contributed by atoms with van der Waals surface area (Å²) >= 11 is 6.13. The van der Waals surface area contributed by atoms with Crippen LogP contribution in [0.5, 0.6) is 0 Å². The molecule has 0 spiro atoms. The second-order valence-corrected chi connectivity index (χ2v) is 8.35. The van der Waals surface area contributed by atoms with Crippen LogP contribution in [0.15, 0.2) is 40.6 Å². The molecule has 0 bridgehead atoms. The summed E-state index contributed by atoms with van der Waals surface area (Å²) in [6.45, 7) is 4.99. The maximum Gasteiger partial charge on any atom is 0.285 e. The fourth-order valence-electron chi connectivity index (χ4n) is 4.08. The van der Waals surface area contributed by atoms with Crippen LogP contribution in [0, 0.1) is 5.82 Å². The van der Waals surface area contributed by atoms with Gasteiger partial charge in [0, 0.05) is 38.3 Å². The number of benzene rings is 1. The van der Waals surface area contributed by atoms with E-state index in [2.05, 4.69) is 15.1 Å². The van der Waals surface area contributed by atoms with Gasteiger partial charge in [-0.05, 0) is 23.3 Å². The molecule has 2 aliphatic heterocycles. The second kappa shape index (κ2) is 9.86. The van der Waals surface area contributed by atoms with Gasteiger partial charge in [-0.3, -0.25) is 9.69 Å². The SMILES string of the molecule is NC1=C(N(N)Cc2ccc(F)cc2CN2CCOCC2)CCN(c2cn[nH]c(=O)c2Cl)C1. The smallest absolute Gasteiger partial charge is 0.285 e. The van der Waals surface area contributed by atoms with Gasteiger partial charge in [0.2, 0.25) is 0 Å². The minimum absolute atomic E-state index is 0.0833. The van der Waals surface area contributed by atoms with Gasteiger partial charge in [0.05, 0.1) is 43.9 Å². The lowest BCUT2D eigenvalue weighted by Gasteiger charge is -2.35. The number of nitrogens with one attached hydrogen (secondary N) is 1. The summed E-state index contributed by atoms with van der Waals surface area (Å²) in [6, 6.07) is 4.80. The van der Waals surface area contributed by atoms with E-state index < -0.39 is 5.56 Å². The number of hydrazine groups is 1. The summed E-state index contributed by atoms with van der Waals surface area (Å²) in [5, 5.41) is 7.84. The maximum absolute atomic E-state index is 14.0. The van der Waals surface area contributed by atoms with Crippen molar-refractivity contribution in [2.24, 2.45) is 11.6 Å². The molecule has 5 N–H and O–H groups in total. The fraction of sp³-hybridized carbons (Fsp3) is 0.429. The van der Waals surface area contributed by atoms with Gasteiger partial charge in [-0.2, -0.15) is 5.10 Å². The molecule has 0 atom stereocenters. The number of aromatic nitrogens is 2. The molecule has 2 aliphatic rings. The molecule has 4 rings (SSSR count). The van der Waals surface area contributed by atoms with Crippen LogP contribution in [0.25, 0.3) is 0 Å². The Morgan fingerprint density at radius 2 is 2.03 bits per heavy atom. The van der Waals surface area contributed by atoms with E-state index in [4.69, 9.17) is 27.9 Å². The summed E-state index contributed by atoms with van der Waals surface area (Å²) in [4.78, 5) is 15.9. The van der Waals surface area contributed by atoms with Crippen LogP contribution in [-0.4, -0.2) is 59.5 Å². The van der Waals surface area contributed by atoms with E-state index in [1.807, 2.05) is 4.90 Å². The Morgan fingerprint density at radius 3 is 2.78 bits per heavy atom. The number of halogens is 2. The van der Waals surface area contributed by atoms with Crippen molar-refractivity contribution in [1.82, 2.24) is 20.1 Å². The highest BCUT2D eigenvalue weighted by molar-refractivity contribution is 6.33. The van der Waals surface area contributed by atoms with Gasteiger partial charge in [-0.1, -0.05) is 17.7 Å². The fourth-order valence-corrected chi connectivity index (χ4v) is 4.29. The first-order valence-corrected chi connectivity index (χ1v) is 10.9. The molecule has 9 nitrogen and oxygen atoms in total. The average Bonchev–Trinajstić information content (AvgIpc) is 2.78. The third-order valence-corrected chi connectivity index (χ3v) is 6.19. The average molecular weight is 464 g/mol. The second-order valence-electron chi connectivity index (χ2n) is 7.97. The molecule has 0 saturated carbocycles. The molecular weight excluding hydrogens is 437 g/mol. The number of hydrogen-bond acceptors (Lipinski definition) is 8. The number of anilines is 1. The van der Waals surface area contributed by atoms with Gasteiger partial charge in [0.25, 0.3) is 5.56 Å². The predicted octanol–water partition coefficient (Wildman–Crippen LogP) is 1.15. The van der Waals surface area contributed by atoms with Crippen LogP contribution in [0.1, 0.15) is 17.5 Å². The molecule has 3 heterocycles. The molecule has 2 aromatic rings. The quantitative estimate of drug-likeness (QED) is 0.431. The van der Waals surface area contributed by atoms with E-state index in [0.29, 0.717) is 57.2 Å². The molecule has 0 unspecified atom stereocenters. The first-order chi connectivity index (χ1) is 15.4. The summed E-state index contributed by atoms with van der Waals surface area (Å²) < 4.78 is 19.4. The summed E-state index contributed by atoms with van der Waals surface area (Å²) in [7, 11) is 0. The van der Waals surface area contributed by atoms with Crippen molar-refractivity contribution >= 4 is 17.3 Å². The van der Waals surface area contributed by atoms with Crippen molar-refractivity contribution in [3.8, 4) is 0 Å². The van der Waals surface area contributed by atoms with Crippen LogP contribution < -0.4 is 22.0 Å². The molecule has 1 saturated heterocycles. The normalized spacial score (nSPS) is 17.7. The predicted molar refractivity (Wildman–Crippen MR) is 120 cm³/mol. The lowest BCUT2D eigenvalue weighted by atomic mass is 10.0. The number of morpholine rings is 1. The Hall–Kier alpha value is -2.66. The van der Waals surface area contributed by atoms with Crippen molar-refractivity contribution in [1.29, 1.82) is 0 Å². The zero-order chi connectivity index (χ0) is 22.7. The maximum atomic E-state index is 14.0. The molecular formula is C21H27ClFN7O2. The third-order valence-electron chi connectivity index (χ3n) is 5.82. The van der Waals surface area contributed by atoms with Crippen molar-refractivity contribution in [2.45, 2.75) is 19.5 Å². The highest BCUT2D eigenvalue weighted by atomic mass is 35.5. The number of nitrogens with two attached hydrogens (primary N) is 2. The van der Waals surface area contributed by atoms with Crippen molar-refractivity contribution < 1.29 is 9.13 Å². The Morgan fingerprint density at radius 1 is 1.25 bits per heavy atom. The zero-order valence-electron chi connectivity index (χ0n) is 17.7.